The van der Waals surface area contributed by atoms with E-state index in [-0.39, 0.29) is 29.9 Å². The summed E-state index contributed by atoms with van der Waals surface area (Å²) in [6, 6.07) is 8.06. The summed E-state index contributed by atoms with van der Waals surface area (Å²) in [5.41, 5.74) is 1.45. The van der Waals surface area contributed by atoms with Gasteiger partial charge in [0.15, 0.2) is 5.96 Å². The first-order valence-corrected chi connectivity index (χ1v) is 10.2. The smallest absolute Gasteiger partial charge is 0.227 e. The zero-order valence-corrected chi connectivity index (χ0v) is 19.1. The third kappa shape index (κ3) is 6.34. The van der Waals surface area contributed by atoms with Gasteiger partial charge in [-0.3, -0.25) is 4.79 Å². The van der Waals surface area contributed by atoms with Crippen LogP contribution in [0.15, 0.2) is 29.3 Å². The Bertz CT molecular complexity index is 657. The summed E-state index contributed by atoms with van der Waals surface area (Å²) in [6.07, 6.45) is 6.71. The Labute approximate surface area is 185 Å². The Kier molecular flexibility index (Phi) is 9.01. The van der Waals surface area contributed by atoms with Crippen molar-refractivity contribution < 1.29 is 9.90 Å². The normalized spacial score (nSPS) is 19.3. The van der Waals surface area contributed by atoms with Crippen molar-refractivity contribution in [2.24, 2.45) is 4.99 Å². The predicted octanol–water partition coefficient (Wildman–Crippen LogP) is 3.18. The fourth-order valence-electron chi connectivity index (χ4n) is 3.85. The summed E-state index contributed by atoms with van der Waals surface area (Å²) in [6.45, 7) is 4.72. The van der Waals surface area contributed by atoms with Gasteiger partial charge in [0, 0.05) is 31.7 Å². The molecule has 156 valence electrons. The first kappa shape index (κ1) is 22.9. The molecule has 0 atom stereocenters. The summed E-state index contributed by atoms with van der Waals surface area (Å²) < 4.78 is 0. The van der Waals surface area contributed by atoms with Crippen LogP contribution in [0, 0.1) is 0 Å². The molecule has 1 aliphatic carbocycles. The molecule has 0 unspecified atom stereocenters. The lowest BCUT2D eigenvalue weighted by molar-refractivity contribution is -0.117. The molecule has 0 spiro atoms. The maximum atomic E-state index is 11.8. The average Bonchev–Trinajstić information content (AvgIpc) is 3.11. The van der Waals surface area contributed by atoms with E-state index in [4.69, 9.17) is 0 Å². The highest BCUT2D eigenvalue weighted by Crippen LogP contribution is 2.27. The van der Waals surface area contributed by atoms with E-state index in [1.807, 2.05) is 36.1 Å². The van der Waals surface area contributed by atoms with E-state index < -0.39 is 5.60 Å². The Balaban J connectivity index is 0.00000280. The zero-order chi connectivity index (χ0) is 19.1. The van der Waals surface area contributed by atoms with E-state index in [1.54, 1.807) is 0 Å². The average molecular weight is 500 g/mol. The van der Waals surface area contributed by atoms with Gasteiger partial charge in [0.1, 0.15) is 0 Å². The van der Waals surface area contributed by atoms with Gasteiger partial charge < -0.3 is 20.6 Å². The van der Waals surface area contributed by atoms with Crippen molar-refractivity contribution in [2.75, 3.05) is 24.5 Å². The number of nitrogens with zero attached hydrogens (tertiary/aromatic N) is 2. The predicted molar refractivity (Wildman–Crippen MR) is 124 cm³/mol. The summed E-state index contributed by atoms with van der Waals surface area (Å²) >= 11 is 0. The molecule has 1 saturated carbocycles. The second-order valence-corrected chi connectivity index (χ2v) is 7.65. The lowest BCUT2D eigenvalue weighted by Gasteiger charge is -2.32. The van der Waals surface area contributed by atoms with Gasteiger partial charge >= 0.3 is 0 Å². The van der Waals surface area contributed by atoms with E-state index in [1.165, 1.54) is 6.42 Å². The van der Waals surface area contributed by atoms with Gasteiger partial charge in [-0.05, 0) is 43.9 Å². The number of hydrogen-bond donors (Lipinski definition) is 3. The number of carbonyl (C=O) groups excluding carboxylic acids is 1. The molecule has 6 nitrogen and oxygen atoms in total. The Morgan fingerprint density at radius 3 is 2.46 bits per heavy atom. The number of aliphatic hydroxyl groups is 1. The van der Waals surface area contributed by atoms with Gasteiger partial charge in [-0.1, -0.05) is 31.4 Å². The first-order valence-electron chi connectivity index (χ1n) is 10.2. The van der Waals surface area contributed by atoms with Crippen LogP contribution in [-0.4, -0.2) is 42.2 Å². The van der Waals surface area contributed by atoms with Crippen LogP contribution in [0.4, 0.5) is 5.69 Å². The summed E-state index contributed by atoms with van der Waals surface area (Å²) in [4.78, 5) is 18.3. The number of anilines is 1. The van der Waals surface area contributed by atoms with Crippen molar-refractivity contribution in [3.05, 3.63) is 29.8 Å². The lowest BCUT2D eigenvalue weighted by Crippen LogP contribution is -2.48. The highest BCUT2D eigenvalue weighted by Gasteiger charge is 2.29. The van der Waals surface area contributed by atoms with Crippen molar-refractivity contribution in [3.63, 3.8) is 0 Å². The van der Waals surface area contributed by atoms with E-state index in [2.05, 4.69) is 15.6 Å². The number of benzene rings is 1. The minimum Gasteiger partial charge on any atom is -0.388 e. The third-order valence-electron chi connectivity index (χ3n) is 5.45. The molecule has 28 heavy (non-hydrogen) atoms. The maximum Gasteiger partial charge on any atom is 0.227 e. The molecule has 0 aromatic heterocycles. The Hall–Kier alpha value is -1.35. The molecule has 0 bridgehead atoms. The molecule has 1 amide bonds. The SMILES string of the molecule is CCNC(=NCc1ccc(N2CCCC2=O)cc1)NCC1(O)CCCCC1.I. The number of nitrogens with one attached hydrogen (secondary N) is 2. The molecular formula is C21H33IN4O2. The van der Waals surface area contributed by atoms with E-state index in [0.717, 1.165) is 62.4 Å². The number of amides is 1. The van der Waals surface area contributed by atoms with Gasteiger partial charge in [-0.15, -0.1) is 24.0 Å². The van der Waals surface area contributed by atoms with Crippen molar-refractivity contribution in [1.82, 2.24) is 10.6 Å². The van der Waals surface area contributed by atoms with Crippen LogP contribution < -0.4 is 15.5 Å². The molecule has 3 N–H and O–H groups in total. The van der Waals surface area contributed by atoms with Gasteiger partial charge in [-0.2, -0.15) is 0 Å². The molecule has 1 aliphatic heterocycles. The highest BCUT2D eigenvalue weighted by molar-refractivity contribution is 14.0. The van der Waals surface area contributed by atoms with Crippen LogP contribution in [0.3, 0.4) is 0 Å². The molecule has 7 heteroatoms. The summed E-state index contributed by atoms with van der Waals surface area (Å²) in [7, 11) is 0. The molecule has 2 aliphatic rings. The van der Waals surface area contributed by atoms with Crippen molar-refractivity contribution in [3.8, 4) is 0 Å². The molecule has 0 radical (unpaired) electrons. The van der Waals surface area contributed by atoms with Gasteiger partial charge in [0.05, 0.1) is 12.1 Å². The first-order chi connectivity index (χ1) is 13.1. The molecule has 1 aromatic carbocycles. The van der Waals surface area contributed by atoms with Crippen LogP contribution in [0.2, 0.25) is 0 Å². The second kappa shape index (κ2) is 11.0. The fourth-order valence-corrected chi connectivity index (χ4v) is 3.85. The quantitative estimate of drug-likeness (QED) is 0.319. The number of rotatable bonds is 6. The Morgan fingerprint density at radius 1 is 1.14 bits per heavy atom. The number of guanidine groups is 1. The Morgan fingerprint density at radius 2 is 1.86 bits per heavy atom. The molecule has 1 aromatic rings. The largest absolute Gasteiger partial charge is 0.388 e. The maximum absolute atomic E-state index is 11.8. The molecular weight excluding hydrogens is 467 g/mol. The van der Waals surface area contributed by atoms with Gasteiger partial charge in [0.25, 0.3) is 0 Å². The van der Waals surface area contributed by atoms with E-state index >= 15 is 0 Å². The topological polar surface area (TPSA) is 77.0 Å². The van der Waals surface area contributed by atoms with Crippen LogP contribution in [-0.2, 0) is 11.3 Å². The minimum absolute atomic E-state index is 0. The highest BCUT2D eigenvalue weighted by atomic mass is 127. The summed E-state index contributed by atoms with van der Waals surface area (Å²) in [5.74, 6) is 0.940. The van der Waals surface area contributed by atoms with E-state index in [0.29, 0.717) is 19.5 Å². The number of aliphatic imine (C=N–C) groups is 1. The number of halogens is 1. The number of hydrogen-bond acceptors (Lipinski definition) is 3. The van der Waals surface area contributed by atoms with Gasteiger partial charge in [0.2, 0.25) is 5.91 Å². The van der Waals surface area contributed by atoms with Gasteiger partial charge in [-0.25, -0.2) is 4.99 Å². The van der Waals surface area contributed by atoms with Crippen LogP contribution in [0.1, 0.15) is 57.4 Å². The molecule has 1 saturated heterocycles. The van der Waals surface area contributed by atoms with E-state index in [9.17, 15) is 9.90 Å². The van der Waals surface area contributed by atoms with Crippen LogP contribution in [0.25, 0.3) is 0 Å². The molecule has 2 fully saturated rings. The molecule has 3 rings (SSSR count). The monoisotopic (exact) mass is 500 g/mol. The zero-order valence-electron chi connectivity index (χ0n) is 16.7. The van der Waals surface area contributed by atoms with Crippen LogP contribution in [0.5, 0.6) is 0 Å². The lowest BCUT2D eigenvalue weighted by atomic mass is 9.85. The fraction of sp³-hybridized carbons (Fsp3) is 0.619. The number of carbonyl (C=O) groups is 1. The third-order valence-corrected chi connectivity index (χ3v) is 5.45. The van der Waals surface area contributed by atoms with Crippen molar-refractivity contribution in [2.45, 2.75) is 64.0 Å². The minimum atomic E-state index is -0.613. The van der Waals surface area contributed by atoms with Crippen molar-refractivity contribution >= 4 is 41.5 Å². The second-order valence-electron chi connectivity index (χ2n) is 7.65. The summed E-state index contributed by atoms with van der Waals surface area (Å²) in [5, 5.41) is 17.2. The standard InChI is InChI=1S/C21H32N4O2.HI/c1-2-22-20(24-16-21(27)12-4-3-5-13-21)23-15-17-8-10-18(11-9-17)25-14-6-7-19(25)26;/h8-11,27H,2-7,12-16H2,1H3,(H2,22,23,24);1H. The van der Waals surface area contributed by atoms with Crippen molar-refractivity contribution in [1.29, 1.82) is 0 Å². The van der Waals surface area contributed by atoms with Crippen LogP contribution >= 0.6 is 24.0 Å². The molecule has 1 heterocycles.